The molecule has 0 saturated carbocycles. The van der Waals surface area contributed by atoms with E-state index in [1.165, 1.54) is 45.6 Å². The van der Waals surface area contributed by atoms with Gasteiger partial charge in [-0.2, -0.15) is 0 Å². The van der Waals surface area contributed by atoms with Crippen molar-refractivity contribution in [2.24, 2.45) is 5.92 Å². The van der Waals surface area contributed by atoms with E-state index in [4.69, 9.17) is 0 Å². The minimum Gasteiger partial charge on any atom is -0.314 e. The highest BCUT2D eigenvalue weighted by Crippen LogP contribution is 2.07. The maximum atomic E-state index is 3.38. The van der Waals surface area contributed by atoms with Gasteiger partial charge in [0, 0.05) is 32.7 Å². The first-order valence-corrected chi connectivity index (χ1v) is 5.26. The predicted molar refractivity (Wildman–Crippen MR) is 53.4 cm³/mol. The van der Waals surface area contributed by atoms with Crippen molar-refractivity contribution in [3.63, 3.8) is 0 Å². The van der Waals surface area contributed by atoms with E-state index in [1.807, 2.05) is 0 Å². The fourth-order valence-corrected chi connectivity index (χ4v) is 1.92. The molecule has 1 aliphatic rings. The molecule has 1 rings (SSSR count). The van der Waals surface area contributed by atoms with Crippen LogP contribution in [0, 0.1) is 5.92 Å². The smallest absolute Gasteiger partial charge is 0.0107 e. The first-order valence-electron chi connectivity index (χ1n) is 5.26. The molecule has 0 spiro atoms. The third-order valence-electron chi connectivity index (χ3n) is 2.56. The topological polar surface area (TPSA) is 15.3 Å². The highest BCUT2D eigenvalue weighted by Gasteiger charge is 2.11. The van der Waals surface area contributed by atoms with Gasteiger partial charge in [0.05, 0.1) is 0 Å². The van der Waals surface area contributed by atoms with Gasteiger partial charge < -0.3 is 10.2 Å². The van der Waals surface area contributed by atoms with Crippen molar-refractivity contribution >= 4 is 0 Å². The van der Waals surface area contributed by atoms with Gasteiger partial charge in [-0.1, -0.05) is 20.3 Å². The lowest BCUT2D eigenvalue weighted by Gasteiger charge is -2.29. The summed E-state index contributed by atoms with van der Waals surface area (Å²) in [5.74, 6) is 0.882. The number of hydrogen-bond donors (Lipinski definition) is 1. The van der Waals surface area contributed by atoms with E-state index in [2.05, 4.69) is 24.1 Å². The van der Waals surface area contributed by atoms with Gasteiger partial charge in [-0.15, -0.1) is 0 Å². The van der Waals surface area contributed by atoms with Gasteiger partial charge in [0.25, 0.3) is 0 Å². The predicted octanol–water partition coefficient (Wildman–Crippen LogP) is 1.33. The lowest BCUT2D eigenvalue weighted by molar-refractivity contribution is 0.207. The van der Waals surface area contributed by atoms with Gasteiger partial charge in [0.2, 0.25) is 0 Å². The third kappa shape index (κ3) is 3.55. The SMILES string of the molecule is CCC[C@@H](C)CN1CCNCC1. The van der Waals surface area contributed by atoms with Crippen LogP contribution in [0.3, 0.4) is 0 Å². The summed E-state index contributed by atoms with van der Waals surface area (Å²) in [5.41, 5.74) is 0. The molecule has 1 heterocycles. The molecule has 72 valence electrons. The second-order valence-electron chi connectivity index (χ2n) is 3.94. The summed E-state index contributed by atoms with van der Waals surface area (Å²) < 4.78 is 0. The van der Waals surface area contributed by atoms with Crippen molar-refractivity contribution < 1.29 is 0 Å². The molecule has 1 atom stereocenters. The van der Waals surface area contributed by atoms with Crippen molar-refractivity contribution in [1.29, 1.82) is 0 Å². The zero-order chi connectivity index (χ0) is 8.81. The summed E-state index contributed by atoms with van der Waals surface area (Å²) in [5, 5.41) is 3.38. The second kappa shape index (κ2) is 5.55. The van der Waals surface area contributed by atoms with Gasteiger partial charge in [0.1, 0.15) is 0 Å². The Kier molecular flexibility index (Phi) is 4.62. The summed E-state index contributed by atoms with van der Waals surface area (Å²) in [7, 11) is 0. The van der Waals surface area contributed by atoms with Crippen LogP contribution in [0.1, 0.15) is 26.7 Å². The summed E-state index contributed by atoms with van der Waals surface area (Å²) in [6.07, 6.45) is 2.71. The van der Waals surface area contributed by atoms with Crippen LogP contribution in [0.5, 0.6) is 0 Å². The molecule has 0 unspecified atom stereocenters. The second-order valence-corrected chi connectivity index (χ2v) is 3.94. The molecule has 2 heteroatoms. The molecule has 0 bridgehead atoms. The van der Waals surface area contributed by atoms with Gasteiger partial charge in [0.15, 0.2) is 0 Å². The molecule has 1 saturated heterocycles. The van der Waals surface area contributed by atoms with E-state index < -0.39 is 0 Å². The monoisotopic (exact) mass is 170 g/mol. The Labute approximate surface area is 76.3 Å². The van der Waals surface area contributed by atoms with Crippen LogP contribution < -0.4 is 5.32 Å². The molecule has 0 aromatic heterocycles. The van der Waals surface area contributed by atoms with Crippen molar-refractivity contribution in [2.45, 2.75) is 26.7 Å². The van der Waals surface area contributed by atoms with Crippen LogP contribution in [-0.2, 0) is 0 Å². The molecule has 1 fully saturated rings. The van der Waals surface area contributed by atoms with Crippen LogP contribution in [0.4, 0.5) is 0 Å². The number of piperazine rings is 1. The minimum atomic E-state index is 0.882. The van der Waals surface area contributed by atoms with Crippen LogP contribution in [0.15, 0.2) is 0 Å². The molecule has 0 radical (unpaired) electrons. The minimum absolute atomic E-state index is 0.882. The van der Waals surface area contributed by atoms with Crippen LogP contribution in [0.25, 0.3) is 0 Å². The largest absolute Gasteiger partial charge is 0.314 e. The van der Waals surface area contributed by atoms with Crippen molar-refractivity contribution in [3.05, 3.63) is 0 Å². The van der Waals surface area contributed by atoms with Crippen molar-refractivity contribution in [1.82, 2.24) is 10.2 Å². The molecule has 0 aromatic carbocycles. The molecule has 12 heavy (non-hydrogen) atoms. The normalized spacial score (nSPS) is 22.5. The summed E-state index contributed by atoms with van der Waals surface area (Å²) in [6, 6.07) is 0. The van der Waals surface area contributed by atoms with Crippen LogP contribution >= 0.6 is 0 Å². The fourth-order valence-electron chi connectivity index (χ4n) is 1.92. The van der Waals surface area contributed by atoms with Gasteiger partial charge >= 0.3 is 0 Å². The molecule has 2 nitrogen and oxygen atoms in total. The Balaban J connectivity index is 2.11. The summed E-state index contributed by atoms with van der Waals surface area (Å²) in [4.78, 5) is 2.58. The molecule has 0 amide bonds. The highest BCUT2D eigenvalue weighted by molar-refractivity contribution is 4.69. The Morgan fingerprint density at radius 2 is 2.00 bits per heavy atom. The average molecular weight is 170 g/mol. The van der Waals surface area contributed by atoms with Crippen LogP contribution in [0.2, 0.25) is 0 Å². The van der Waals surface area contributed by atoms with E-state index in [-0.39, 0.29) is 0 Å². The molecule has 1 aliphatic heterocycles. The molecule has 0 aromatic rings. The van der Waals surface area contributed by atoms with Gasteiger partial charge in [-0.25, -0.2) is 0 Å². The number of nitrogens with zero attached hydrogens (tertiary/aromatic N) is 1. The van der Waals surface area contributed by atoms with E-state index in [1.54, 1.807) is 0 Å². The average Bonchev–Trinajstić information content (AvgIpc) is 2.06. The number of hydrogen-bond acceptors (Lipinski definition) is 2. The zero-order valence-corrected chi connectivity index (χ0v) is 8.47. The van der Waals surface area contributed by atoms with Gasteiger partial charge in [-0.3, -0.25) is 0 Å². The summed E-state index contributed by atoms with van der Waals surface area (Å²) >= 11 is 0. The molecule has 1 N–H and O–H groups in total. The molecule has 0 aliphatic carbocycles. The third-order valence-corrected chi connectivity index (χ3v) is 2.56. The lowest BCUT2D eigenvalue weighted by atomic mass is 10.1. The molecular formula is C10H22N2. The highest BCUT2D eigenvalue weighted by atomic mass is 15.2. The van der Waals surface area contributed by atoms with Crippen molar-refractivity contribution in [2.75, 3.05) is 32.7 Å². The van der Waals surface area contributed by atoms with E-state index in [0.29, 0.717) is 0 Å². The zero-order valence-electron chi connectivity index (χ0n) is 8.47. The van der Waals surface area contributed by atoms with Crippen LogP contribution in [-0.4, -0.2) is 37.6 Å². The first kappa shape index (κ1) is 10.0. The quantitative estimate of drug-likeness (QED) is 0.684. The lowest BCUT2D eigenvalue weighted by Crippen LogP contribution is -2.45. The Bertz CT molecular complexity index is 108. The first-order chi connectivity index (χ1) is 5.83. The van der Waals surface area contributed by atoms with E-state index in [0.717, 1.165) is 5.92 Å². The Morgan fingerprint density at radius 3 is 2.58 bits per heavy atom. The Hall–Kier alpha value is -0.0800. The maximum absolute atomic E-state index is 3.38. The Morgan fingerprint density at radius 1 is 1.33 bits per heavy atom. The molecular weight excluding hydrogens is 148 g/mol. The fraction of sp³-hybridized carbons (Fsp3) is 1.00. The summed E-state index contributed by atoms with van der Waals surface area (Å²) in [6.45, 7) is 10.8. The van der Waals surface area contributed by atoms with Gasteiger partial charge in [-0.05, 0) is 12.3 Å². The van der Waals surface area contributed by atoms with Crippen molar-refractivity contribution in [3.8, 4) is 0 Å². The standard InChI is InChI=1S/C10H22N2/c1-3-4-10(2)9-12-7-5-11-6-8-12/h10-11H,3-9H2,1-2H3/t10-/m1/s1. The van der Waals surface area contributed by atoms with E-state index in [9.17, 15) is 0 Å². The maximum Gasteiger partial charge on any atom is 0.0107 e. The van der Waals surface area contributed by atoms with E-state index >= 15 is 0 Å². The number of rotatable bonds is 4. The number of nitrogens with one attached hydrogen (secondary N) is 1.